The van der Waals surface area contributed by atoms with E-state index in [0.29, 0.717) is 19.5 Å². The highest BCUT2D eigenvalue weighted by atomic mass is 19.4. The number of carbonyl (C=O) groups is 1. The average molecular weight is 435 g/mol. The molecule has 0 aliphatic carbocycles. The van der Waals surface area contributed by atoms with Crippen LogP contribution in [0, 0.1) is 0 Å². The molecule has 31 heavy (non-hydrogen) atoms. The lowest BCUT2D eigenvalue weighted by atomic mass is 9.86. The molecular formula is C24H29F3N2O2. The minimum Gasteiger partial charge on any atom is -0.406 e. The highest BCUT2D eigenvalue weighted by Gasteiger charge is 2.37. The van der Waals surface area contributed by atoms with Gasteiger partial charge in [-0.15, -0.1) is 13.2 Å². The van der Waals surface area contributed by atoms with E-state index in [0.717, 1.165) is 17.7 Å². The first-order valence-corrected chi connectivity index (χ1v) is 10.5. The van der Waals surface area contributed by atoms with Crippen LogP contribution in [0.1, 0.15) is 50.6 Å². The molecule has 2 aromatic rings. The second-order valence-corrected chi connectivity index (χ2v) is 8.84. The van der Waals surface area contributed by atoms with Gasteiger partial charge in [-0.3, -0.25) is 9.69 Å². The summed E-state index contributed by atoms with van der Waals surface area (Å²) in [6.45, 7) is 10.1. The molecule has 1 saturated heterocycles. The van der Waals surface area contributed by atoms with Gasteiger partial charge >= 0.3 is 6.36 Å². The Labute approximate surface area is 181 Å². The van der Waals surface area contributed by atoms with Crippen molar-refractivity contribution in [2.24, 2.45) is 0 Å². The van der Waals surface area contributed by atoms with Crippen molar-refractivity contribution in [1.29, 1.82) is 0 Å². The molecule has 2 aromatic carbocycles. The van der Waals surface area contributed by atoms with Gasteiger partial charge in [0.25, 0.3) is 0 Å². The van der Waals surface area contributed by atoms with Gasteiger partial charge in [0.15, 0.2) is 0 Å². The van der Waals surface area contributed by atoms with Crippen molar-refractivity contribution >= 4 is 5.91 Å². The fourth-order valence-corrected chi connectivity index (χ4v) is 3.87. The van der Waals surface area contributed by atoms with Gasteiger partial charge in [0.1, 0.15) is 11.9 Å². The number of halogens is 3. The molecule has 168 valence electrons. The standard InChI is InChI=1S/C24H29F3N2O2/c1-5-28-16-21(30)29(22(28)18-8-10-19(11-9-18)23(2,3)4)15-14-17-6-12-20(13-7-17)31-24(25,26)27/h6-13,22H,5,14-16H2,1-4H3. The van der Waals surface area contributed by atoms with Crippen LogP contribution >= 0.6 is 0 Å². The van der Waals surface area contributed by atoms with Gasteiger partial charge in [0.05, 0.1) is 6.54 Å². The Kier molecular flexibility index (Phi) is 6.65. The largest absolute Gasteiger partial charge is 0.573 e. The van der Waals surface area contributed by atoms with Crippen molar-refractivity contribution < 1.29 is 22.7 Å². The number of alkyl halides is 3. The fraction of sp³-hybridized carbons (Fsp3) is 0.458. The lowest BCUT2D eigenvalue weighted by molar-refractivity contribution is -0.274. The topological polar surface area (TPSA) is 32.8 Å². The third kappa shape index (κ3) is 5.79. The van der Waals surface area contributed by atoms with Crippen molar-refractivity contribution in [2.45, 2.75) is 52.1 Å². The summed E-state index contributed by atoms with van der Waals surface area (Å²) in [4.78, 5) is 16.7. The summed E-state index contributed by atoms with van der Waals surface area (Å²) >= 11 is 0. The van der Waals surface area contributed by atoms with Gasteiger partial charge in [-0.2, -0.15) is 0 Å². The SMILES string of the molecule is CCN1CC(=O)N(CCc2ccc(OC(F)(F)F)cc2)C1c1ccc(C(C)(C)C)cc1. The molecule has 0 bridgehead atoms. The minimum absolute atomic E-state index is 0.0517. The summed E-state index contributed by atoms with van der Waals surface area (Å²) in [5, 5.41) is 0. The molecule has 0 spiro atoms. The van der Waals surface area contributed by atoms with Crippen molar-refractivity contribution in [2.75, 3.05) is 19.6 Å². The summed E-state index contributed by atoms with van der Waals surface area (Å²) < 4.78 is 40.9. The van der Waals surface area contributed by atoms with Crippen LogP contribution in [0.5, 0.6) is 5.75 Å². The van der Waals surface area contributed by atoms with E-state index in [1.54, 1.807) is 12.1 Å². The molecule has 4 nitrogen and oxygen atoms in total. The van der Waals surface area contributed by atoms with Crippen LogP contribution in [0.3, 0.4) is 0 Å². The average Bonchev–Trinajstić information content (AvgIpc) is 3.01. The Morgan fingerprint density at radius 3 is 2.13 bits per heavy atom. The Hall–Kier alpha value is -2.54. The summed E-state index contributed by atoms with van der Waals surface area (Å²) in [5.41, 5.74) is 3.20. The number of hydrogen-bond acceptors (Lipinski definition) is 3. The van der Waals surface area contributed by atoms with E-state index in [1.807, 2.05) is 11.8 Å². The van der Waals surface area contributed by atoms with Crippen molar-refractivity contribution in [3.63, 3.8) is 0 Å². The van der Waals surface area contributed by atoms with Crippen molar-refractivity contribution in [1.82, 2.24) is 9.80 Å². The van der Waals surface area contributed by atoms with Crippen molar-refractivity contribution in [3.8, 4) is 5.75 Å². The number of ether oxygens (including phenoxy) is 1. The van der Waals surface area contributed by atoms with Gasteiger partial charge < -0.3 is 9.64 Å². The molecule has 1 amide bonds. The fourth-order valence-electron chi connectivity index (χ4n) is 3.87. The molecule has 0 aromatic heterocycles. The number of hydrogen-bond donors (Lipinski definition) is 0. The van der Waals surface area contributed by atoms with Crippen LogP contribution in [-0.2, 0) is 16.6 Å². The maximum absolute atomic E-state index is 12.7. The lowest BCUT2D eigenvalue weighted by Gasteiger charge is -2.30. The second-order valence-electron chi connectivity index (χ2n) is 8.84. The summed E-state index contributed by atoms with van der Waals surface area (Å²) in [6.07, 6.45) is -4.30. The molecule has 1 aliphatic rings. The second kappa shape index (κ2) is 8.91. The first-order valence-electron chi connectivity index (χ1n) is 10.5. The van der Waals surface area contributed by atoms with E-state index < -0.39 is 6.36 Å². The van der Waals surface area contributed by atoms with E-state index in [1.165, 1.54) is 17.7 Å². The van der Waals surface area contributed by atoms with Gasteiger partial charge in [-0.05, 0) is 47.2 Å². The van der Waals surface area contributed by atoms with E-state index in [2.05, 4.69) is 54.7 Å². The Morgan fingerprint density at radius 1 is 1.00 bits per heavy atom. The summed E-state index contributed by atoms with van der Waals surface area (Å²) in [5.74, 6) is -0.189. The molecule has 0 radical (unpaired) electrons. The van der Waals surface area contributed by atoms with Crippen LogP contribution in [0.25, 0.3) is 0 Å². The zero-order valence-electron chi connectivity index (χ0n) is 18.4. The predicted octanol–water partition coefficient (Wildman–Crippen LogP) is 5.29. The van der Waals surface area contributed by atoms with E-state index >= 15 is 0 Å². The van der Waals surface area contributed by atoms with Gasteiger partial charge in [0, 0.05) is 6.54 Å². The zero-order valence-corrected chi connectivity index (χ0v) is 18.4. The first-order chi connectivity index (χ1) is 14.5. The summed E-state index contributed by atoms with van der Waals surface area (Å²) in [7, 11) is 0. The smallest absolute Gasteiger partial charge is 0.406 e. The minimum atomic E-state index is -4.71. The number of carbonyl (C=O) groups excluding carboxylic acids is 1. The predicted molar refractivity (Wildman–Crippen MR) is 114 cm³/mol. The molecule has 1 aliphatic heterocycles. The Morgan fingerprint density at radius 2 is 1.61 bits per heavy atom. The summed E-state index contributed by atoms with van der Waals surface area (Å²) in [6, 6.07) is 14.2. The molecular weight excluding hydrogens is 405 g/mol. The first kappa shape index (κ1) is 23.1. The van der Waals surface area contributed by atoms with E-state index in [9.17, 15) is 18.0 Å². The molecule has 0 saturated carbocycles. The van der Waals surface area contributed by atoms with Gasteiger partial charge in [-0.1, -0.05) is 64.1 Å². The lowest BCUT2D eigenvalue weighted by Crippen LogP contribution is -2.33. The number of amides is 1. The van der Waals surface area contributed by atoms with E-state index in [-0.39, 0.29) is 23.2 Å². The van der Waals surface area contributed by atoms with Crippen LogP contribution in [0.15, 0.2) is 48.5 Å². The normalized spacial score (nSPS) is 18.0. The van der Waals surface area contributed by atoms with Crippen LogP contribution in [0.4, 0.5) is 13.2 Å². The molecule has 1 heterocycles. The maximum atomic E-state index is 12.7. The number of rotatable bonds is 6. The Balaban J connectivity index is 1.73. The number of likely N-dealkylation sites (N-methyl/N-ethyl adjacent to an activating group) is 1. The van der Waals surface area contributed by atoms with Crippen LogP contribution < -0.4 is 4.74 Å². The number of benzene rings is 2. The highest BCUT2D eigenvalue weighted by Crippen LogP contribution is 2.32. The molecule has 1 atom stereocenters. The van der Waals surface area contributed by atoms with Gasteiger partial charge in [-0.25, -0.2) is 0 Å². The van der Waals surface area contributed by atoms with Gasteiger partial charge in [0.2, 0.25) is 5.91 Å². The Bertz CT molecular complexity index is 887. The molecule has 1 unspecified atom stereocenters. The van der Waals surface area contributed by atoms with E-state index in [4.69, 9.17) is 0 Å². The van der Waals surface area contributed by atoms with Crippen LogP contribution in [-0.4, -0.2) is 41.7 Å². The van der Waals surface area contributed by atoms with Crippen molar-refractivity contribution in [3.05, 3.63) is 65.2 Å². The molecule has 7 heteroatoms. The molecule has 3 rings (SSSR count). The molecule has 1 fully saturated rings. The maximum Gasteiger partial charge on any atom is 0.573 e. The quantitative estimate of drug-likeness (QED) is 0.620. The van der Waals surface area contributed by atoms with Crippen LogP contribution in [0.2, 0.25) is 0 Å². The monoisotopic (exact) mass is 434 g/mol. The highest BCUT2D eigenvalue weighted by molar-refractivity contribution is 5.81. The zero-order chi connectivity index (χ0) is 22.8. The molecule has 0 N–H and O–H groups in total. The number of nitrogens with zero attached hydrogens (tertiary/aromatic N) is 2. The third-order valence-electron chi connectivity index (χ3n) is 5.58. The third-order valence-corrected chi connectivity index (χ3v) is 5.58.